The molecule has 1 saturated heterocycles. The fraction of sp³-hybridized carbons (Fsp3) is 0.659. The average Bonchev–Trinajstić information content (AvgIpc) is 2.97. The van der Waals surface area contributed by atoms with Crippen LogP contribution in [0.4, 0.5) is 0 Å². The van der Waals surface area contributed by atoms with Gasteiger partial charge in [-0.3, -0.25) is 0 Å². The summed E-state index contributed by atoms with van der Waals surface area (Å²) in [4.78, 5) is 0. The number of rotatable bonds is 16. The Morgan fingerprint density at radius 3 is 1.83 bits per heavy atom. The van der Waals surface area contributed by atoms with Gasteiger partial charge >= 0.3 is 0 Å². The topological polar surface area (TPSA) is 36.9 Å². The summed E-state index contributed by atoms with van der Waals surface area (Å²) in [5, 5.41) is 0.359. The lowest BCUT2D eigenvalue weighted by Gasteiger charge is -2.36. The van der Waals surface area contributed by atoms with Crippen molar-refractivity contribution in [1.29, 1.82) is 0 Å². The van der Waals surface area contributed by atoms with Gasteiger partial charge in [-0.1, -0.05) is 96.9 Å². The van der Waals surface area contributed by atoms with Crippen molar-refractivity contribution in [1.82, 2.24) is 0 Å². The summed E-state index contributed by atoms with van der Waals surface area (Å²) in [6, 6.07) is 15.9. The third-order valence-electron chi connectivity index (χ3n) is 10.6. The molecule has 2 aromatic rings. The van der Waals surface area contributed by atoms with Crippen molar-refractivity contribution >= 4 is 28.8 Å². The molecule has 0 aromatic heterocycles. The number of ether oxygens (including phenoxy) is 2. The van der Waals surface area contributed by atoms with Gasteiger partial charge < -0.3 is 18.3 Å². The quantitative estimate of drug-likeness (QED) is 0.100. The molecule has 1 aliphatic heterocycles. The minimum absolute atomic E-state index is 0.0187. The Labute approximate surface area is 291 Å². The van der Waals surface area contributed by atoms with Crippen molar-refractivity contribution < 1.29 is 18.3 Å². The molecular formula is C41H68O4Si2. The predicted octanol–water partition coefficient (Wildman–Crippen LogP) is 12.3. The summed E-state index contributed by atoms with van der Waals surface area (Å²) in [5.41, 5.74) is 6.16. The van der Waals surface area contributed by atoms with Gasteiger partial charge in [0.1, 0.15) is 0 Å². The van der Waals surface area contributed by atoms with Crippen LogP contribution in [0.5, 0.6) is 0 Å². The molecular weight excluding hydrogens is 613 g/mol. The fourth-order valence-electron chi connectivity index (χ4n) is 5.33. The van der Waals surface area contributed by atoms with Crippen LogP contribution in [0, 0.1) is 0 Å². The molecule has 1 fully saturated rings. The molecule has 0 saturated carbocycles. The Balaban J connectivity index is 1.63. The highest BCUT2D eigenvalue weighted by molar-refractivity contribution is 6.74. The van der Waals surface area contributed by atoms with E-state index in [4.69, 9.17) is 18.3 Å². The first-order chi connectivity index (χ1) is 21.8. The normalized spacial score (nSPS) is 17.1. The average molecular weight is 681 g/mol. The Bertz CT molecular complexity index is 1230. The van der Waals surface area contributed by atoms with E-state index in [9.17, 15) is 0 Å². The maximum absolute atomic E-state index is 6.65. The molecule has 0 spiro atoms. The van der Waals surface area contributed by atoms with Crippen LogP contribution >= 0.6 is 0 Å². The molecule has 4 nitrogen and oxygen atoms in total. The van der Waals surface area contributed by atoms with Gasteiger partial charge in [-0.05, 0) is 129 Å². The standard InChI is InChI=1S/C41H68O4Si2/c1-39(2,3)46(9,10)43-31-36-28-35(29-37(30-36)32-44-47(11,12)40(4,5)6)24-23-34-21-18-20-33(27-34)19-14-13-16-25-41(7,8)45-38-22-15-17-26-42-38/h18,20-21,23-24,27-30,38H,13-17,19,22,25-26,31-32H2,1-12H3. The lowest BCUT2D eigenvalue weighted by molar-refractivity contribution is -0.217. The number of hydrogen-bond donors (Lipinski definition) is 0. The number of unbranched alkanes of at least 4 members (excludes halogenated alkanes) is 2. The third kappa shape index (κ3) is 13.4. The first-order valence-electron chi connectivity index (χ1n) is 18.2. The monoisotopic (exact) mass is 680 g/mol. The first-order valence-corrected chi connectivity index (χ1v) is 24.1. The first kappa shape index (κ1) is 39.9. The van der Waals surface area contributed by atoms with E-state index in [1.54, 1.807) is 0 Å². The summed E-state index contributed by atoms with van der Waals surface area (Å²) in [6.07, 6.45) is 13.6. The van der Waals surface area contributed by atoms with Gasteiger partial charge in [0, 0.05) is 6.61 Å². The Morgan fingerprint density at radius 1 is 0.702 bits per heavy atom. The second-order valence-corrected chi connectivity index (χ2v) is 27.1. The molecule has 264 valence electrons. The van der Waals surface area contributed by atoms with Crippen LogP contribution in [0.3, 0.4) is 0 Å². The SMILES string of the molecule is CC(C)(CCCCCc1cccc(C=Cc2cc(CO[Si](C)(C)C(C)(C)C)cc(CO[Si](C)(C)C(C)(C)C)c2)c1)OC1CCCCO1. The highest BCUT2D eigenvalue weighted by atomic mass is 28.4. The van der Waals surface area contributed by atoms with E-state index in [1.807, 2.05) is 0 Å². The lowest BCUT2D eigenvalue weighted by Crippen LogP contribution is -2.40. The van der Waals surface area contributed by atoms with Crippen molar-refractivity contribution in [3.05, 3.63) is 70.3 Å². The van der Waals surface area contributed by atoms with Crippen molar-refractivity contribution in [2.75, 3.05) is 6.61 Å². The van der Waals surface area contributed by atoms with E-state index in [2.05, 4.69) is 136 Å². The maximum Gasteiger partial charge on any atom is 0.192 e. The summed E-state index contributed by atoms with van der Waals surface area (Å²) in [6.45, 7) is 29.6. The summed E-state index contributed by atoms with van der Waals surface area (Å²) >= 11 is 0. The summed E-state index contributed by atoms with van der Waals surface area (Å²) in [5.74, 6) is 0. The molecule has 0 bridgehead atoms. The van der Waals surface area contributed by atoms with E-state index < -0.39 is 16.6 Å². The molecule has 0 radical (unpaired) electrons. The Morgan fingerprint density at radius 2 is 1.28 bits per heavy atom. The van der Waals surface area contributed by atoms with Crippen LogP contribution in [0.25, 0.3) is 12.2 Å². The van der Waals surface area contributed by atoms with Gasteiger partial charge in [0.15, 0.2) is 22.9 Å². The second-order valence-electron chi connectivity index (χ2n) is 17.5. The van der Waals surface area contributed by atoms with Crippen molar-refractivity contribution in [2.45, 2.75) is 168 Å². The van der Waals surface area contributed by atoms with Crippen LogP contribution in [-0.4, -0.2) is 35.1 Å². The van der Waals surface area contributed by atoms with Gasteiger partial charge in [0.05, 0.1) is 18.8 Å². The number of benzene rings is 2. The van der Waals surface area contributed by atoms with Gasteiger partial charge in [-0.15, -0.1) is 0 Å². The molecule has 1 unspecified atom stereocenters. The second kappa shape index (κ2) is 16.9. The molecule has 47 heavy (non-hydrogen) atoms. The van der Waals surface area contributed by atoms with E-state index in [0.717, 1.165) is 32.3 Å². The van der Waals surface area contributed by atoms with Crippen LogP contribution in [0.2, 0.25) is 36.3 Å². The van der Waals surface area contributed by atoms with Crippen molar-refractivity contribution in [3.63, 3.8) is 0 Å². The smallest absolute Gasteiger partial charge is 0.192 e. The zero-order valence-electron chi connectivity index (χ0n) is 32.2. The molecule has 3 rings (SSSR count). The molecule has 0 N–H and O–H groups in total. The van der Waals surface area contributed by atoms with Crippen molar-refractivity contribution in [3.8, 4) is 0 Å². The molecule has 6 heteroatoms. The zero-order chi connectivity index (χ0) is 34.9. The minimum atomic E-state index is -1.86. The number of hydrogen-bond acceptors (Lipinski definition) is 4. The number of aryl methyl sites for hydroxylation is 1. The fourth-order valence-corrected chi connectivity index (χ4v) is 7.26. The molecule has 1 atom stereocenters. The summed E-state index contributed by atoms with van der Waals surface area (Å²) in [7, 11) is -3.72. The van der Waals surface area contributed by atoms with Crippen LogP contribution in [0.1, 0.15) is 128 Å². The van der Waals surface area contributed by atoms with Gasteiger partial charge in [-0.25, -0.2) is 0 Å². The van der Waals surface area contributed by atoms with E-state index in [0.29, 0.717) is 13.2 Å². The van der Waals surface area contributed by atoms with Crippen LogP contribution in [0.15, 0.2) is 42.5 Å². The molecule has 2 aromatic carbocycles. The molecule has 1 aliphatic rings. The minimum Gasteiger partial charge on any atom is -0.413 e. The molecule has 0 amide bonds. The maximum atomic E-state index is 6.65. The van der Waals surface area contributed by atoms with E-state index in [-0.39, 0.29) is 22.0 Å². The van der Waals surface area contributed by atoms with Gasteiger partial charge in [0.2, 0.25) is 0 Å². The van der Waals surface area contributed by atoms with Crippen molar-refractivity contribution in [2.24, 2.45) is 0 Å². The molecule has 1 heterocycles. The highest BCUT2D eigenvalue weighted by Gasteiger charge is 2.38. The Kier molecular flexibility index (Phi) is 14.4. The van der Waals surface area contributed by atoms with Crippen LogP contribution < -0.4 is 0 Å². The lowest BCUT2D eigenvalue weighted by atomic mass is 9.98. The third-order valence-corrected chi connectivity index (χ3v) is 19.6. The predicted molar refractivity (Wildman–Crippen MR) is 207 cm³/mol. The van der Waals surface area contributed by atoms with Gasteiger partial charge in [-0.2, -0.15) is 0 Å². The zero-order valence-corrected chi connectivity index (χ0v) is 34.2. The van der Waals surface area contributed by atoms with E-state index in [1.165, 1.54) is 53.5 Å². The van der Waals surface area contributed by atoms with Crippen LogP contribution in [-0.2, 0) is 38.0 Å². The van der Waals surface area contributed by atoms with E-state index >= 15 is 0 Å². The largest absolute Gasteiger partial charge is 0.413 e. The molecule has 0 aliphatic carbocycles. The highest BCUT2D eigenvalue weighted by Crippen LogP contribution is 2.38. The van der Waals surface area contributed by atoms with Gasteiger partial charge in [0.25, 0.3) is 0 Å². The summed E-state index contributed by atoms with van der Waals surface area (Å²) < 4.78 is 25.4. The Hall–Kier alpha value is -1.55.